The van der Waals surface area contributed by atoms with Gasteiger partial charge in [0.1, 0.15) is 17.3 Å². The van der Waals surface area contributed by atoms with E-state index in [-0.39, 0.29) is 5.95 Å². The van der Waals surface area contributed by atoms with Gasteiger partial charge >= 0.3 is 0 Å². The number of nitrogens with one attached hydrogen (secondary N) is 1. The number of aryl methyl sites for hydroxylation is 1. The summed E-state index contributed by atoms with van der Waals surface area (Å²) >= 11 is 3.34. The zero-order valence-corrected chi connectivity index (χ0v) is 10.3. The molecule has 2 heterocycles. The zero-order valence-electron chi connectivity index (χ0n) is 8.70. The molecule has 2 aromatic rings. The van der Waals surface area contributed by atoms with E-state index in [1.165, 1.54) is 0 Å². The highest BCUT2D eigenvalue weighted by atomic mass is 79.9. The van der Waals surface area contributed by atoms with E-state index in [2.05, 4.69) is 31.2 Å². The first-order valence-electron chi connectivity index (χ1n) is 4.72. The fourth-order valence-electron chi connectivity index (χ4n) is 1.26. The van der Waals surface area contributed by atoms with Gasteiger partial charge in [0.25, 0.3) is 0 Å². The number of halogens is 1. The third-order valence-electron chi connectivity index (χ3n) is 1.99. The second-order valence-corrected chi connectivity index (χ2v) is 4.14. The number of furan rings is 1. The number of hydrogen-bond donors (Lipinski definition) is 2. The van der Waals surface area contributed by atoms with E-state index >= 15 is 0 Å². The molecule has 84 valence electrons. The summed E-state index contributed by atoms with van der Waals surface area (Å²) in [6, 6.07) is 3.83. The second kappa shape index (κ2) is 4.52. The van der Waals surface area contributed by atoms with E-state index in [0.29, 0.717) is 12.4 Å². The summed E-state index contributed by atoms with van der Waals surface area (Å²) in [6.45, 7) is 2.46. The summed E-state index contributed by atoms with van der Waals surface area (Å²) in [5.74, 6) is 2.63. The van der Waals surface area contributed by atoms with Crippen LogP contribution in [0.2, 0.25) is 0 Å². The van der Waals surface area contributed by atoms with E-state index < -0.39 is 0 Å². The predicted octanol–water partition coefficient (Wildman–Crippen LogP) is 2.33. The third kappa shape index (κ3) is 2.52. The van der Waals surface area contributed by atoms with Crippen LogP contribution in [0.1, 0.15) is 11.5 Å². The van der Waals surface area contributed by atoms with Crippen LogP contribution in [0.15, 0.2) is 27.2 Å². The van der Waals surface area contributed by atoms with Gasteiger partial charge in [0, 0.05) is 6.20 Å². The van der Waals surface area contributed by atoms with Gasteiger partial charge in [0.05, 0.1) is 11.0 Å². The summed E-state index contributed by atoms with van der Waals surface area (Å²) in [5.41, 5.74) is 5.49. The van der Waals surface area contributed by atoms with Crippen LogP contribution in [0.25, 0.3) is 0 Å². The standard InChI is InChI=1S/C10H11BrN4O/c1-6-2-3-7(16-6)4-13-9-8(11)5-14-10(12)15-9/h2-3,5H,4H2,1H3,(H3,12,13,14,15). The molecule has 0 fully saturated rings. The van der Waals surface area contributed by atoms with Crippen LogP contribution >= 0.6 is 15.9 Å². The first kappa shape index (κ1) is 10.9. The maximum atomic E-state index is 5.49. The average molecular weight is 283 g/mol. The van der Waals surface area contributed by atoms with Crippen molar-refractivity contribution in [3.05, 3.63) is 34.3 Å². The van der Waals surface area contributed by atoms with Gasteiger partial charge in [-0.3, -0.25) is 0 Å². The Bertz CT molecular complexity index is 497. The van der Waals surface area contributed by atoms with Crippen LogP contribution in [0.5, 0.6) is 0 Å². The highest BCUT2D eigenvalue weighted by molar-refractivity contribution is 9.10. The molecule has 0 spiro atoms. The topological polar surface area (TPSA) is 77.0 Å². The minimum atomic E-state index is 0.237. The Kier molecular flexibility index (Phi) is 3.09. The number of nitrogens with two attached hydrogens (primary N) is 1. The molecule has 0 aromatic carbocycles. The van der Waals surface area contributed by atoms with Crippen molar-refractivity contribution in [2.45, 2.75) is 13.5 Å². The number of nitrogen functional groups attached to an aromatic ring is 1. The van der Waals surface area contributed by atoms with Gasteiger partial charge in [0.15, 0.2) is 0 Å². The molecule has 0 radical (unpaired) electrons. The molecule has 0 aliphatic carbocycles. The Balaban J connectivity index is 2.07. The summed E-state index contributed by atoms with van der Waals surface area (Å²) in [6.07, 6.45) is 1.61. The predicted molar refractivity (Wildman–Crippen MR) is 64.9 cm³/mol. The van der Waals surface area contributed by atoms with Crippen LogP contribution in [0.3, 0.4) is 0 Å². The average Bonchev–Trinajstić information content (AvgIpc) is 2.66. The van der Waals surface area contributed by atoms with Crippen molar-refractivity contribution in [2.75, 3.05) is 11.1 Å². The highest BCUT2D eigenvalue weighted by Crippen LogP contribution is 2.20. The van der Waals surface area contributed by atoms with Gasteiger partial charge in [-0.2, -0.15) is 4.98 Å². The van der Waals surface area contributed by atoms with Gasteiger partial charge in [-0.25, -0.2) is 4.98 Å². The Morgan fingerprint density at radius 3 is 3.00 bits per heavy atom. The van der Waals surface area contributed by atoms with Crippen LogP contribution in [-0.2, 0) is 6.54 Å². The number of anilines is 2. The Morgan fingerprint density at radius 2 is 2.31 bits per heavy atom. The van der Waals surface area contributed by atoms with Crippen molar-refractivity contribution < 1.29 is 4.42 Å². The molecule has 2 aromatic heterocycles. The van der Waals surface area contributed by atoms with E-state index in [0.717, 1.165) is 16.0 Å². The summed E-state index contributed by atoms with van der Waals surface area (Å²) in [7, 11) is 0. The Labute approximate surface area is 101 Å². The highest BCUT2D eigenvalue weighted by Gasteiger charge is 2.04. The zero-order chi connectivity index (χ0) is 11.5. The van der Waals surface area contributed by atoms with Crippen LogP contribution < -0.4 is 11.1 Å². The van der Waals surface area contributed by atoms with Crippen molar-refractivity contribution in [3.8, 4) is 0 Å². The summed E-state index contributed by atoms with van der Waals surface area (Å²) in [4.78, 5) is 7.92. The molecule has 0 unspecified atom stereocenters. The maximum Gasteiger partial charge on any atom is 0.221 e. The van der Waals surface area contributed by atoms with Crippen molar-refractivity contribution in [3.63, 3.8) is 0 Å². The van der Waals surface area contributed by atoms with E-state index in [9.17, 15) is 0 Å². The lowest BCUT2D eigenvalue weighted by molar-refractivity contribution is 0.490. The molecule has 5 nitrogen and oxygen atoms in total. The maximum absolute atomic E-state index is 5.49. The fraction of sp³-hybridized carbons (Fsp3) is 0.200. The van der Waals surface area contributed by atoms with E-state index in [1.54, 1.807) is 6.20 Å². The van der Waals surface area contributed by atoms with Gasteiger partial charge < -0.3 is 15.5 Å². The second-order valence-electron chi connectivity index (χ2n) is 3.29. The molecular formula is C10H11BrN4O. The quantitative estimate of drug-likeness (QED) is 0.904. The summed E-state index contributed by atoms with van der Waals surface area (Å²) in [5, 5.41) is 3.11. The first-order chi connectivity index (χ1) is 7.65. The molecule has 2 rings (SSSR count). The molecule has 0 saturated carbocycles. The number of rotatable bonds is 3. The van der Waals surface area contributed by atoms with Crippen LogP contribution in [0, 0.1) is 6.92 Å². The Morgan fingerprint density at radius 1 is 1.50 bits per heavy atom. The van der Waals surface area contributed by atoms with Crippen LogP contribution in [0.4, 0.5) is 11.8 Å². The largest absolute Gasteiger partial charge is 0.465 e. The molecule has 0 bridgehead atoms. The van der Waals surface area contributed by atoms with Crippen molar-refractivity contribution >= 4 is 27.7 Å². The number of nitrogens with zero attached hydrogens (tertiary/aromatic N) is 2. The molecule has 0 amide bonds. The Hall–Kier alpha value is -1.56. The lowest BCUT2D eigenvalue weighted by Gasteiger charge is -2.05. The fourth-order valence-corrected chi connectivity index (χ4v) is 1.59. The molecule has 0 aliphatic heterocycles. The summed E-state index contributed by atoms with van der Waals surface area (Å²) < 4.78 is 6.19. The molecule has 6 heteroatoms. The molecule has 0 atom stereocenters. The van der Waals surface area contributed by atoms with Gasteiger partial charge in [-0.1, -0.05) is 0 Å². The minimum Gasteiger partial charge on any atom is -0.465 e. The van der Waals surface area contributed by atoms with Crippen LogP contribution in [-0.4, -0.2) is 9.97 Å². The first-order valence-corrected chi connectivity index (χ1v) is 5.51. The monoisotopic (exact) mass is 282 g/mol. The van der Waals surface area contributed by atoms with E-state index in [1.807, 2.05) is 19.1 Å². The number of aromatic nitrogens is 2. The van der Waals surface area contributed by atoms with Gasteiger partial charge in [-0.05, 0) is 35.0 Å². The molecule has 0 aliphatic rings. The molecule has 0 saturated heterocycles. The lowest BCUT2D eigenvalue weighted by atomic mass is 10.4. The van der Waals surface area contributed by atoms with E-state index in [4.69, 9.17) is 10.2 Å². The molecule has 16 heavy (non-hydrogen) atoms. The molecule has 3 N–H and O–H groups in total. The third-order valence-corrected chi connectivity index (χ3v) is 2.57. The smallest absolute Gasteiger partial charge is 0.221 e. The van der Waals surface area contributed by atoms with Crippen molar-refractivity contribution in [1.82, 2.24) is 9.97 Å². The lowest BCUT2D eigenvalue weighted by Crippen LogP contribution is -2.04. The van der Waals surface area contributed by atoms with Crippen molar-refractivity contribution in [1.29, 1.82) is 0 Å². The SMILES string of the molecule is Cc1ccc(CNc2nc(N)ncc2Br)o1. The number of hydrogen-bond acceptors (Lipinski definition) is 5. The van der Waals surface area contributed by atoms with Gasteiger partial charge in [-0.15, -0.1) is 0 Å². The molecular weight excluding hydrogens is 272 g/mol. The minimum absolute atomic E-state index is 0.237. The van der Waals surface area contributed by atoms with Gasteiger partial charge in [0.2, 0.25) is 5.95 Å². The normalized spacial score (nSPS) is 10.4. The van der Waals surface area contributed by atoms with Crippen molar-refractivity contribution in [2.24, 2.45) is 0 Å².